The van der Waals surface area contributed by atoms with Crippen LogP contribution in [0.3, 0.4) is 0 Å². The van der Waals surface area contributed by atoms with Gasteiger partial charge in [0.1, 0.15) is 0 Å². The molecule has 1 aliphatic heterocycles. The molecule has 1 aromatic carbocycles. The predicted molar refractivity (Wildman–Crippen MR) is 86.4 cm³/mol. The average molecular weight is 399 g/mol. The molecule has 18 heavy (non-hydrogen) atoms. The van der Waals surface area contributed by atoms with Crippen molar-refractivity contribution in [3.63, 3.8) is 0 Å². The Morgan fingerprint density at radius 3 is 2.78 bits per heavy atom. The van der Waals surface area contributed by atoms with Gasteiger partial charge in [0.15, 0.2) is 0 Å². The van der Waals surface area contributed by atoms with Crippen LogP contribution in [0.4, 0.5) is 0 Å². The maximum absolute atomic E-state index is 3.56. The molecular weight excluding hydrogens is 379 g/mol. The summed E-state index contributed by atoms with van der Waals surface area (Å²) in [6.45, 7) is 3.37. The number of likely N-dealkylation sites (N-methyl/N-ethyl adjacent to an activating group) is 1. The molecule has 1 heterocycles. The molecule has 0 radical (unpaired) electrons. The van der Waals surface area contributed by atoms with Crippen molar-refractivity contribution in [3.05, 3.63) is 32.7 Å². The third kappa shape index (κ3) is 4.20. The van der Waals surface area contributed by atoms with Crippen LogP contribution in [0.2, 0.25) is 0 Å². The second-order valence-corrected chi connectivity index (χ2v) is 6.28. The first-order chi connectivity index (χ1) is 8.20. The number of rotatable bonds is 4. The molecule has 0 spiro atoms. The summed E-state index contributed by atoms with van der Waals surface area (Å²) in [5.74, 6) is 0. The van der Waals surface area contributed by atoms with Gasteiger partial charge in [0, 0.05) is 28.1 Å². The molecule has 0 bridgehead atoms. The zero-order valence-electron chi connectivity index (χ0n) is 10.5. The Morgan fingerprint density at radius 2 is 2.11 bits per heavy atom. The first-order valence-corrected chi connectivity index (χ1v) is 7.62. The van der Waals surface area contributed by atoms with Gasteiger partial charge in [-0.25, -0.2) is 0 Å². The lowest BCUT2D eigenvalue weighted by Gasteiger charge is -2.24. The lowest BCUT2D eigenvalue weighted by atomic mass is 10.2. The quantitative estimate of drug-likeness (QED) is 0.830. The van der Waals surface area contributed by atoms with E-state index in [1.54, 1.807) is 0 Å². The Hall–Kier alpha value is 0.390. The number of hydrogen-bond acceptors (Lipinski definition) is 2. The normalized spacial score (nSPS) is 19.8. The number of halogens is 3. The zero-order chi connectivity index (χ0) is 12.3. The van der Waals surface area contributed by atoms with Crippen molar-refractivity contribution in [2.45, 2.75) is 25.4 Å². The van der Waals surface area contributed by atoms with Crippen LogP contribution in [0.25, 0.3) is 0 Å². The standard InChI is InChI=1S/C13H18Br2N2.ClH/c1-16-8-11-3-2-6-17(11)9-10-4-5-12(14)13(15)7-10;/h4-5,7,11,16H,2-3,6,8-9H2,1H3;1H. The minimum Gasteiger partial charge on any atom is -0.318 e. The van der Waals surface area contributed by atoms with Crippen LogP contribution in [-0.4, -0.2) is 31.1 Å². The van der Waals surface area contributed by atoms with Gasteiger partial charge >= 0.3 is 0 Å². The van der Waals surface area contributed by atoms with Gasteiger partial charge < -0.3 is 5.32 Å². The summed E-state index contributed by atoms with van der Waals surface area (Å²) < 4.78 is 2.26. The Labute approximate surface area is 132 Å². The molecule has 1 aromatic rings. The van der Waals surface area contributed by atoms with Crippen LogP contribution < -0.4 is 5.32 Å². The van der Waals surface area contributed by atoms with Gasteiger partial charge in [-0.3, -0.25) is 4.90 Å². The minimum atomic E-state index is 0. The van der Waals surface area contributed by atoms with E-state index >= 15 is 0 Å². The molecule has 1 aliphatic rings. The maximum Gasteiger partial charge on any atom is 0.0320 e. The molecule has 1 unspecified atom stereocenters. The highest BCUT2D eigenvalue weighted by atomic mass is 79.9. The fourth-order valence-corrected chi connectivity index (χ4v) is 3.12. The molecule has 0 aromatic heterocycles. The number of hydrogen-bond donors (Lipinski definition) is 1. The molecule has 1 fully saturated rings. The van der Waals surface area contributed by atoms with E-state index in [0.29, 0.717) is 6.04 Å². The maximum atomic E-state index is 3.56. The predicted octanol–water partition coefficient (Wildman–Crippen LogP) is 3.82. The van der Waals surface area contributed by atoms with E-state index in [2.05, 4.69) is 60.3 Å². The minimum absolute atomic E-state index is 0. The van der Waals surface area contributed by atoms with Gasteiger partial charge in [0.25, 0.3) is 0 Å². The SMILES string of the molecule is CNCC1CCCN1Cc1ccc(Br)c(Br)c1.Cl. The number of likely N-dealkylation sites (tertiary alicyclic amines) is 1. The van der Waals surface area contributed by atoms with E-state index in [-0.39, 0.29) is 12.4 Å². The van der Waals surface area contributed by atoms with Crippen molar-refractivity contribution in [2.24, 2.45) is 0 Å². The smallest absolute Gasteiger partial charge is 0.0320 e. The van der Waals surface area contributed by atoms with E-state index in [9.17, 15) is 0 Å². The average Bonchev–Trinajstić information content (AvgIpc) is 2.72. The topological polar surface area (TPSA) is 15.3 Å². The molecular formula is C13H19Br2ClN2. The van der Waals surface area contributed by atoms with Crippen LogP contribution in [0.1, 0.15) is 18.4 Å². The highest BCUT2D eigenvalue weighted by Gasteiger charge is 2.23. The van der Waals surface area contributed by atoms with E-state index in [4.69, 9.17) is 0 Å². The first-order valence-electron chi connectivity index (χ1n) is 6.03. The van der Waals surface area contributed by atoms with Crippen LogP contribution >= 0.6 is 44.3 Å². The second-order valence-electron chi connectivity index (χ2n) is 4.57. The summed E-state index contributed by atoms with van der Waals surface area (Å²) in [6, 6.07) is 7.22. The molecule has 0 aliphatic carbocycles. The van der Waals surface area contributed by atoms with Crippen LogP contribution in [-0.2, 0) is 6.54 Å². The van der Waals surface area contributed by atoms with Crippen molar-refractivity contribution in [1.29, 1.82) is 0 Å². The fraction of sp³-hybridized carbons (Fsp3) is 0.538. The Morgan fingerprint density at radius 1 is 1.33 bits per heavy atom. The van der Waals surface area contributed by atoms with Crippen molar-refractivity contribution >= 4 is 44.3 Å². The lowest BCUT2D eigenvalue weighted by molar-refractivity contribution is 0.242. The molecule has 2 rings (SSSR count). The highest BCUT2D eigenvalue weighted by Crippen LogP contribution is 2.26. The van der Waals surface area contributed by atoms with Crippen molar-refractivity contribution < 1.29 is 0 Å². The number of nitrogens with one attached hydrogen (secondary N) is 1. The Balaban J connectivity index is 0.00000162. The summed E-state index contributed by atoms with van der Waals surface area (Å²) in [4.78, 5) is 2.58. The first kappa shape index (κ1) is 16.4. The van der Waals surface area contributed by atoms with E-state index in [1.165, 1.54) is 24.9 Å². The van der Waals surface area contributed by atoms with Crippen molar-refractivity contribution in [2.75, 3.05) is 20.1 Å². The zero-order valence-corrected chi connectivity index (χ0v) is 14.4. The van der Waals surface area contributed by atoms with Gasteiger partial charge in [-0.2, -0.15) is 0 Å². The van der Waals surface area contributed by atoms with Crippen molar-refractivity contribution in [1.82, 2.24) is 10.2 Å². The fourth-order valence-electron chi connectivity index (χ4n) is 2.44. The van der Waals surface area contributed by atoms with Crippen LogP contribution in [0.15, 0.2) is 27.1 Å². The molecule has 1 atom stereocenters. The summed E-state index contributed by atoms with van der Waals surface area (Å²) in [5.41, 5.74) is 1.38. The monoisotopic (exact) mass is 396 g/mol. The molecule has 0 saturated carbocycles. The molecule has 5 heteroatoms. The van der Waals surface area contributed by atoms with Gasteiger partial charge in [0.2, 0.25) is 0 Å². The highest BCUT2D eigenvalue weighted by molar-refractivity contribution is 9.13. The summed E-state index contributed by atoms with van der Waals surface area (Å²) in [7, 11) is 2.03. The van der Waals surface area contributed by atoms with Crippen LogP contribution in [0, 0.1) is 0 Å². The largest absolute Gasteiger partial charge is 0.318 e. The second kappa shape index (κ2) is 7.85. The molecule has 2 nitrogen and oxygen atoms in total. The van der Waals surface area contributed by atoms with Crippen LogP contribution in [0.5, 0.6) is 0 Å². The van der Waals surface area contributed by atoms with E-state index in [1.807, 2.05) is 7.05 Å². The molecule has 1 saturated heterocycles. The van der Waals surface area contributed by atoms with Crippen molar-refractivity contribution in [3.8, 4) is 0 Å². The van der Waals surface area contributed by atoms with E-state index < -0.39 is 0 Å². The van der Waals surface area contributed by atoms with Gasteiger partial charge in [-0.1, -0.05) is 6.07 Å². The third-order valence-corrected chi connectivity index (χ3v) is 5.19. The van der Waals surface area contributed by atoms with Gasteiger partial charge in [-0.05, 0) is 76.0 Å². The lowest BCUT2D eigenvalue weighted by Crippen LogP contribution is -2.36. The van der Waals surface area contributed by atoms with E-state index in [0.717, 1.165) is 22.0 Å². The Kier molecular flexibility index (Phi) is 7.17. The Bertz CT molecular complexity index is 387. The van der Waals surface area contributed by atoms with Gasteiger partial charge in [-0.15, -0.1) is 12.4 Å². The summed E-state index contributed by atoms with van der Waals surface area (Å²) >= 11 is 7.07. The molecule has 102 valence electrons. The summed E-state index contributed by atoms with van der Waals surface area (Å²) in [5, 5.41) is 3.29. The summed E-state index contributed by atoms with van der Waals surface area (Å²) in [6.07, 6.45) is 2.64. The number of benzene rings is 1. The molecule has 1 N–H and O–H groups in total. The van der Waals surface area contributed by atoms with Gasteiger partial charge in [0.05, 0.1) is 0 Å². The molecule has 0 amide bonds. The number of nitrogens with zero attached hydrogens (tertiary/aromatic N) is 1. The third-order valence-electron chi connectivity index (χ3n) is 3.31.